The highest BCUT2D eigenvalue weighted by Gasteiger charge is 2.25. The summed E-state index contributed by atoms with van der Waals surface area (Å²) in [6.07, 6.45) is 5.34. The van der Waals surface area contributed by atoms with Crippen molar-refractivity contribution >= 4 is 15.9 Å². The Kier molecular flexibility index (Phi) is 7.54. The Morgan fingerprint density at radius 1 is 1.00 bits per heavy atom. The first-order valence-corrected chi connectivity index (χ1v) is 12.6. The lowest BCUT2D eigenvalue weighted by atomic mass is 10.2. The molecular weight excluding hydrogens is 457 g/mol. The van der Waals surface area contributed by atoms with E-state index in [1.54, 1.807) is 24.4 Å². The van der Waals surface area contributed by atoms with E-state index in [9.17, 15) is 17.6 Å². The average Bonchev–Trinajstić information content (AvgIpc) is 3.14. The molecule has 7 nitrogen and oxygen atoms in total. The first-order valence-electron chi connectivity index (χ1n) is 11.2. The van der Waals surface area contributed by atoms with Gasteiger partial charge in [0.2, 0.25) is 15.9 Å². The van der Waals surface area contributed by atoms with Gasteiger partial charge < -0.3 is 10.1 Å². The standard InChI is InChI=1S/C25H26FN3O4S/c26-21-8-5-9-22(17-21)33-25-20(7-6-14-27-25)18-28-24(30)19-10-12-23(13-11-19)34(31,32)29-15-3-1-2-4-16-29/h5-14,17H,1-4,15-16,18H2,(H,28,30). The van der Waals surface area contributed by atoms with Gasteiger partial charge >= 0.3 is 0 Å². The molecule has 1 amide bonds. The summed E-state index contributed by atoms with van der Waals surface area (Å²) in [6.45, 7) is 1.18. The quantitative estimate of drug-likeness (QED) is 0.534. The Morgan fingerprint density at radius 3 is 2.44 bits per heavy atom. The Morgan fingerprint density at radius 2 is 1.74 bits per heavy atom. The van der Waals surface area contributed by atoms with E-state index in [0.717, 1.165) is 25.7 Å². The molecule has 0 unspecified atom stereocenters. The smallest absolute Gasteiger partial charge is 0.251 e. The predicted molar refractivity (Wildman–Crippen MR) is 126 cm³/mol. The Labute approximate surface area is 198 Å². The largest absolute Gasteiger partial charge is 0.439 e. The molecule has 4 rings (SSSR count). The van der Waals surface area contributed by atoms with Gasteiger partial charge in [-0.25, -0.2) is 17.8 Å². The number of nitrogens with one attached hydrogen (secondary N) is 1. The maximum Gasteiger partial charge on any atom is 0.251 e. The van der Waals surface area contributed by atoms with Crippen LogP contribution in [0.25, 0.3) is 0 Å². The molecule has 0 bridgehead atoms. The van der Waals surface area contributed by atoms with Gasteiger partial charge in [-0.1, -0.05) is 25.0 Å². The molecule has 0 aliphatic carbocycles. The third-order valence-electron chi connectivity index (χ3n) is 5.62. The molecular formula is C25H26FN3O4S. The van der Waals surface area contributed by atoms with E-state index in [0.29, 0.717) is 30.0 Å². The lowest BCUT2D eigenvalue weighted by molar-refractivity contribution is 0.0950. The van der Waals surface area contributed by atoms with Gasteiger partial charge in [0.1, 0.15) is 11.6 Å². The third-order valence-corrected chi connectivity index (χ3v) is 7.53. The number of ether oxygens (including phenoxy) is 1. The molecule has 3 aromatic rings. The summed E-state index contributed by atoms with van der Waals surface area (Å²) in [5, 5.41) is 2.79. The number of hydrogen-bond acceptors (Lipinski definition) is 5. The van der Waals surface area contributed by atoms with E-state index in [4.69, 9.17) is 4.74 Å². The van der Waals surface area contributed by atoms with Crippen molar-refractivity contribution in [1.29, 1.82) is 0 Å². The molecule has 34 heavy (non-hydrogen) atoms. The van der Waals surface area contributed by atoms with E-state index < -0.39 is 15.8 Å². The first-order chi connectivity index (χ1) is 16.4. The zero-order chi connectivity index (χ0) is 24.0. The minimum Gasteiger partial charge on any atom is -0.439 e. The lowest BCUT2D eigenvalue weighted by Gasteiger charge is -2.20. The van der Waals surface area contributed by atoms with Gasteiger partial charge in [-0.2, -0.15) is 4.31 Å². The third kappa shape index (κ3) is 5.78. The van der Waals surface area contributed by atoms with Crippen molar-refractivity contribution in [2.45, 2.75) is 37.1 Å². The minimum absolute atomic E-state index is 0.130. The van der Waals surface area contributed by atoms with Crippen molar-refractivity contribution in [2.75, 3.05) is 13.1 Å². The summed E-state index contributed by atoms with van der Waals surface area (Å²) in [4.78, 5) is 17.0. The van der Waals surface area contributed by atoms with E-state index in [1.807, 2.05) is 0 Å². The van der Waals surface area contributed by atoms with Crippen molar-refractivity contribution in [3.05, 3.63) is 83.8 Å². The zero-order valence-corrected chi connectivity index (χ0v) is 19.4. The summed E-state index contributed by atoms with van der Waals surface area (Å²) in [5.41, 5.74) is 0.951. The molecule has 2 aromatic carbocycles. The van der Waals surface area contributed by atoms with Gasteiger partial charge in [-0.05, 0) is 55.3 Å². The van der Waals surface area contributed by atoms with Gasteiger partial charge in [0.25, 0.3) is 5.91 Å². The van der Waals surface area contributed by atoms with Gasteiger partial charge in [-0.15, -0.1) is 0 Å². The van der Waals surface area contributed by atoms with Crippen molar-refractivity contribution in [3.63, 3.8) is 0 Å². The summed E-state index contributed by atoms with van der Waals surface area (Å²) in [7, 11) is -3.57. The number of rotatable bonds is 7. The molecule has 0 spiro atoms. The van der Waals surface area contributed by atoms with E-state index >= 15 is 0 Å². The number of sulfonamides is 1. The summed E-state index contributed by atoms with van der Waals surface area (Å²) in [6, 6.07) is 15.1. The highest BCUT2D eigenvalue weighted by molar-refractivity contribution is 7.89. The number of carbonyl (C=O) groups is 1. The van der Waals surface area contributed by atoms with Crippen LogP contribution in [0.15, 0.2) is 71.8 Å². The second kappa shape index (κ2) is 10.8. The maximum absolute atomic E-state index is 13.4. The molecule has 1 N–H and O–H groups in total. The molecule has 0 atom stereocenters. The van der Waals surface area contributed by atoms with Gasteiger partial charge in [0.15, 0.2) is 0 Å². The second-order valence-corrected chi connectivity index (χ2v) is 9.99. The van der Waals surface area contributed by atoms with Gasteiger partial charge in [0.05, 0.1) is 4.90 Å². The molecule has 1 aromatic heterocycles. The molecule has 178 valence electrons. The molecule has 2 heterocycles. The lowest BCUT2D eigenvalue weighted by Crippen LogP contribution is -2.32. The predicted octanol–water partition coefficient (Wildman–Crippen LogP) is 4.51. The Hall–Kier alpha value is -3.30. The number of halogens is 1. The van der Waals surface area contributed by atoms with Crippen LogP contribution in [0.4, 0.5) is 4.39 Å². The summed E-state index contributed by atoms with van der Waals surface area (Å²) in [5.74, 6) is -0.233. The number of aromatic nitrogens is 1. The Bertz CT molecular complexity index is 1240. The summed E-state index contributed by atoms with van der Waals surface area (Å²) < 4.78 is 46.5. The van der Waals surface area contributed by atoms with Crippen LogP contribution in [0.1, 0.15) is 41.6 Å². The van der Waals surface area contributed by atoms with E-state index in [1.165, 1.54) is 46.8 Å². The fourth-order valence-corrected chi connectivity index (χ4v) is 5.30. The van der Waals surface area contributed by atoms with Crippen LogP contribution in [0.5, 0.6) is 11.6 Å². The molecule has 1 saturated heterocycles. The van der Waals surface area contributed by atoms with Crippen molar-refractivity contribution in [3.8, 4) is 11.6 Å². The zero-order valence-electron chi connectivity index (χ0n) is 18.6. The molecule has 1 fully saturated rings. The van der Waals surface area contributed by atoms with Crippen LogP contribution >= 0.6 is 0 Å². The monoisotopic (exact) mass is 483 g/mol. The highest BCUT2D eigenvalue weighted by Crippen LogP contribution is 2.24. The van der Waals surface area contributed by atoms with Gasteiger partial charge in [0, 0.05) is 43.0 Å². The van der Waals surface area contributed by atoms with E-state index in [-0.39, 0.29) is 23.2 Å². The van der Waals surface area contributed by atoms with Crippen LogP contribution in [-0.2, 0) is 16.6 Å². The maximum atomic E-state index is 13.4. The van der Waals surface area contributed by atoms with Gasteiger partial charge in [-0.3, -0.25) is 4.79 Å². The van der Waals surface area contributed by atoms with Crippen LogP contribution in [0.2, 0.25) is 0 Å². The average molecular weight is 484 g/mol. The van der Waals surface area contributed by atoms with Crippen LogP contribution in [0, 0.1) is 5.82 Å². The molecule has 0 radical (unpaired) electrons. The van der Waals surface area contributed by atoms with Crippen molar-refractivity contribution < 1.29 is 22.3 Å². The minimum atomic E-state index is -3.57. The molecule has 1 aliphatic heterocycles. The molecule has 1 aliphatic rings. The number of nitrogens with zero attached hydrogens (tertiary/aromatic N) is 2. The fraction of sp³-hybridized carbons (Fsp3) is 0.280. The summed E-state index contributed by atoms with van der Waals surface area (Å²) >= 11 is 0. The van der Waals surface area contributed by atoms with Crippen molar-refractivity contribution in [1.82, 2.24) is 14.6 Å². The molecule has 9 heteroatoms. The first kappa shape index (κ1) is 23.8. The van der Waals surface area contributed by atoms with E-state index in [2.05, 4.69) is 10.3 Å². The van der Waals surface area contributed by atoms with Crippen LogP contribution < -0.4 is 10.1 Å². The number of pyridine rings is 1. The SMILES string of the molecule is O=C(NCc1cccnc1Oc1cccc(F)c1)c1ccc(S(=O)(=O)N2CCCCCC2)cc1. The Balaban J connectivity index is 1.41. The number of carbonyl (C=O) groups excluding carboxylic acids is 1. The highest BCUT2D eigenvalue weighted by atomic mass is 32.2. The van der Waals surface area contributed by atoms with Crippen LogP contribution in [-0.4, -0.2) is 36.7 Å². The fourth-order valence-electron chi connectivity index (χ4n) is 3.78. The van der Waals surface area contributed by atoms with Crippen molar-refractivity contribution in [2.24, 2.45) is 0 Å². The molecule has 0 saturated carbocycles. The number of hydrogen-bond donors (Lipinski definition) is 1. The van der Waals surface area contributed by atoms with Crippen LogP contribution in [0.3, 0.4) is 0 Å². The normalized spacial score (nSPS) is 14.9. The topological polar surface area (TPSA) is 88.6 Å². The number of benzene rings is 2. The second-order valence-electron chi connectivity index (χ2n) is 8.05. The number of amides is 1.